The van der Waals surface area contributed by atoms with Crippen LogP contribution in [0.1, 0.15) is 26.3 Å². The smallest absolute Gasteiger partial charge is 0.153 e. The lowest BCUT2D eigenvalue weighted by atomic mass is 10.1. The van der Waals surface area contributed by atoms with Gasteiger partial charge in [-0.1, -0.05) is 6.07 Å². The van der Waals surface area contributed by atoms with Gasteiger partial charge in [-0.3, -0.25) is 0 Å². The first kappa shape index (κ1) is 15.3. The average Bonchev–Trinajstić information content (AvgIpc) is 2.36. The summed E-state index contributed by atoms with van der Waals surface area (Å²) < 4.78 is 22.8. The monoisotopic (exact) mass is 297 g/mol. The molecule has 0 bridgehead atoms. The highest BCUT2D eigenvalue weighted by Crippen LogP contribution is 2.15. The van der Waals surface area contributed by atoms with Crippen molar-refractivity contribution in [3.8, 4) is 0 Å². The van der Waals surface area contributed by atoms with Gasteiger partial charge in [0.1, 0.15) is 5.82 Å². The number of rotatable bonds is 3. The minimum absolute atomic E-state index is 0.0832. The number of sulfone groups is 1. The summed E-state index contributed by atoms with van der Waals surface area (Å²) in [7, 11) is -2.84. The van der Waals surface area contributed by atoms with Crippen LogP contribution in [0.3, 0.4) is 0 Å². The second-order valence-corrected chi connectivity index (χ2v) is 8.57. The molecule has 0 atom stereocenters. The maximum Gasteiger partial charge on any atom is 0.153 e. The van der Waals surface area contributed by atoms with Crippen LogP contribution in [0.5, 0.6) is 0 Å². The van der Waals surface area contributed by atoms with Crippen LogP contribution in [0.2, 0.25) is 0 Å². The third-order valence-corrected chi connectivity index (χ3v) is 4.91. The fourth-order valence-electron chi connectivity index (χ4n) is 2.02. The van der Waals surface area contributed by atoms with Crippen molar-refractivity contribution in [1.82, 2.24) is 10.3 Å². The van der Waals surface area contributed by atoms with Crippen LogP contribution in [-0.4, -0.2) is 43.5 Å². The second kappa shape index (κ2) is 5.69. The Bertz CT molecular complexity index is 533. The van der Waals surface area contributed by atoms with Gasteiger partial charge < -0.3 is 10.2 Å². The minimum atomic E-state index is -2.84. The maximum atomic E-state index is 11.4. The van der Waals surface area contributed by atoms with Gasteiger partial charge in [0.15, 0.2) is 9.84 Å². The largest absolute Gasteiger partial charge is 0.355 e. The molecule has 1 fully saturated rings. The Morgan fingerprint density at radius 2 is 1.90 bits per heavy atom. The van der Waals surface area contributed by atoms with E-state index in [-0.39, 0.29) is 17.0 Å². The molecular weight excluding hydrogens is 274 g/mol. The van der Waals surface area contributed by atoms with Gasteiger partial charge >= 0.3 is 0 Å². The Morgan fingerprint density at radius 1 is 1.25 bits per heavy atom. The molecule has 2 heterocycles. The summed E-state index contributed by atoms with van der Waals surface area (Å²) in [6.45, 7) is 8.24. The number of hydrogen-bond acceptors (Lipinski definition) is 5. The molecule has 20 heavy (non-hydrogen) atoms. The average molecular weight is 297 g/mol. The van der Waals surface area contributed by atoms with Gasteiger partial charge in [-0.25, -0.2) is 13.4 Å². The van der Waals surface area contributed by atoms with E-state index in [9.17, 15) is 8.42 Å². The van der Waals surface area contributed by atoms with Crippen molar-refractivity contribution >= 4 is 15.7 Å². The van der Waals surface area contributed by atoms with E-state index in [1.807, 2.05) is 23.2 Å². The molecule has 0 amide bonds. The molecule has 0 aliphatic carbocycles. The normalized spacial score (nSPS) is 19.1. The lowest BCUT2D eigenvalue weighted by Gasteiger charge is -2.27. The van der Waals surface area contributed by atoms with E-state index in [1.165, 1.54) is 0 Å². The number of nitrogens with zero attached hydrogens (tertiary/aromatic N) is 2. The first-order chi connectivity index (χ1) is 9.25. The van der Waals surface area contributed by atoms with Crippen molar-refractivity contribution < 1.29 is 8.42 Å². The highest BCUT2D eigenvalue weighted by Gasteiger charge is 2.22. The third-order valence-electron chi connectivity index (χ3n) is 3.30. The number of nitrogens with one attached hydrogen (secondary N) is 1. The van der Waals surface area contributed by atoms with E-state index < -0.39 is 9.84 Å². The van der Waals surface area contributed by atoms with E-state index in [1.54, 1.807) is 0 Å². The van der Waals surface area contributed by atoms with Crippen molar-refractivity contribution in [3.63, 3.8) is 0 Å². The zero-order chi connectivity index (χ0) is 14.8. The molecule has 0 spiro atoms. The summed E-state index contributed by atoms with van der Waals surface area (Å²) in [5.41, 5.74) is 1.22. The van der Waals surface area contributed by atoms with Gasteiger partial charge in [-0.2, -0.15) is 0 Å². The summed E-state index contributed by atoms with van der Waals surface area (Å²) in [6.07, 6.45) is 1.86. The zero-order valence-corrected chi connectivity index (χ0v) is 13.2. The van der Waals surface area contributed by atoms with Crippen molar-refractivity contribution in [2.24, 2.45) is 0 Å². The van der Waals surface area contributed by atoms with E-state index in [2.05, 4.69) is 31.1 Å². The van der Waals surface area contributed by atoms with E-state index >= 15 is 0 Å². The number of pyridine rings is 1. The first-order valence-corrected chi connectivity index (χ1v) is 8.73. The molecule has 2 rings (SSSR count). The summed E-state index contributed by atoms with van der Waals surface area (Å²) in [5, 5.41) is 3.42. The van der Waals surface area contributed by atoms with Crippen molar-refractivity contribution in [2.45, 2.75) is 32.9 Å². The molecular formula is C14H23N3O2S. The molecule has 0 saturated carbocycles. The number of anilines is 1. The van der Waals surface area contributed by atoms with Gasteiger partial charge in [0.05, 0.1) is 11.5 Å². The summed E-state index contributed by atoms with van der Waals surface area (Å²) >= 11 is 0. The van der Waals surface area contributed by atoms with Crippen LogP contribution < -0.4 is 10.2 Å². The molecule has 0 aromatic carbocycles. The Kier molecular flexibility index (Phi) is 4.34. The predicted molar refractivity (Wildman–Crippen MR) is 81.7 cm³/mol. The van der Waals surface area contributed by atoms with Crippen molar-refractivity contribution in [2.75, 3.05) is 29.5 Å². The quantitative estimate of drug-likeness (QED) is 0.908. The molecule has 1 saturated heterocycles. The Morgan fingerprint density at radius 3 is 2.40 bits per heavy atom. The van der Waals surface area contributed by atoms with Crippen LogP contribution in [0.15, 0.2) is 18.3 Å². The van der Waals surface area contributed by atoms with E-state index in [0.29, 0.717) is 13.1 Å². The maximum absolute atomic E-state index is 11.4. The number of aromatic nitrogens is 1. The van der Waals surface area contributed by atoms with Crippen LogP contribution in [-0.2, 0) is 16.4 Å². The molecule has 0 radical (unpaired) electrons. The van der Waals surface area contributed by atoms with E-state index in [4.69, 9.17) is 0 Å². The molecule has 1 aromatic rings. The highest BCUT2D eigenvalue weighted by molar-refractivity contribution is 7.91. The molecule has 6 heteroatoms. The number of hydrogen-bond donors (Lipinski definition) is 1. The predicted octanol–water partition coefficient (Wildman–Crippen LogP) is 1.20. The third kappa shape index (κ3) is 4.45. The van der Waals surface area contributed by atoms with Gasteiger partial charge in [0, 0.05) is 31.4 Å². The topological polar surface area (TPSA) is 62.3 Å². The highest BCUT2D eigenvalue weighted by atomic mass is 32.2. The van der Waals surface area contributed by atoms with Crippen molar-refractivity contribution in [1.29, 1.82) is 0 Å². The lowest BCUT2D eigenvalue weighted by molar-refractivity contribution is 0.424. The van der Waals surface area contributed by atoms with Gasteiger partial charge in [-0.05, 0) is 32.4 Å². The van der Waals surface area contributed by atoms with Gasteiger partial charge in [0.25, 0.3) is 0 Å². The van der Waals surface area contributed by atoms with Gasteiger partial charge in [0.2, 0.25) is 0 Å². The summed E-state index contributed by atoms with van der Waals surface area (Å²) in [5.74, 6) is 1.31. The van der Waals surface area contributed by atoms with Crippen LogP contribution in [0.25, 0.3) is 0 Å². The Labute approximate surface area is 121 Å². The van der Waals surface area contributed by atoms with Crippen LogP contribution in [0.4, 0.5) is 5.82 Å². The Hall–Kier alpha value is -1.14. The van der Waals surface area contributed by atoms with E-state index in [0.717, 1.165) is 17.9 Å². The van der Waals surface area contributed by atoms with Crippen molar-refractivity contribution in [3.05, 3.63) is 23.9 Å². The summed E-state index contributed by atoms with van der Waals surface area (Å²) in [4.78, 5) is 6.47. The van der Waals surface area contributed by atoms with Crippen LogP contribution in [0, 0.1) is 0 Å². The fourth-order valence-corrected chi connectivity index (χ4v) is 3.22. The Balaban J connectivity index is 1.95. The molecule has 1 aliphatic heterocycles. The molecule has 0 unspecified atom stereocenters. The molecule has 5 nitrogen and oxygen atoms in total. The lowest BCUT2D eigenvalue weighted by Crippen LogP contribution is -2.40. The first-order valence-electron chi connectivity index (χ1n) is 6.91. The zero-order valence-electron chi connectivity index (χ0n) is 12.4. The second-order valence-electron chi connectivity index (χ2n) is 6.27. The standard InChI is InChI=1S/C14H23N3O2S/c1-14(2,3)16-11-12-4-5-13(15-10-12)17-6-8-20(18,19)9-7-17/h4-5,10,16H,6-9,11H2,1-3H3. The molecule has 1 aromatic heterocycles. The van der Waals surface area contributed by atoms with Gasteiger partial charge in [-0.15, -0.1) is 0 Å². The summed E-state index contributed by atoms with van der Waals surface area (Å²) in [6, 6.07) is 4.02. The minimum Gasteiger partial charge on any atom is -0.355 e. The molecule has 1 aliphatic rings. The molecule has 1 N–H and O–H groups in total. The fraction of sp³-hybridized carbons (Fsp3) is 0.643. The molecule has 112 valence electrons. The SMILES string of the molecule is CC(C)(C)NCc1ccc(N2CCS(=O)(=O)CC2)nc1. The van der Waals surface area contributed by atoms with Crippen LogP contribution >= 0.6 is 0 Å².